The number of aromatic nitrogens is 1. The smallest absolute Gasteiger partial charge is 0.226 e. The van der Waals surface area contributed by atoms with Gasteiger partial charge in [-0.15, -0.1) is 11.3 Å². The molecule has 3 N–H and O–H groups in total. The van der Waals surface area contributed by atoms with Crippen LogP contribution in [0, 0.1) is 5.92 Å². The van der Waals surface area contributed by atoms with Crippen LogP contribution in [0.15, 0.2) is 11.6 Å². The van der Waals surface area contributed by atoms with Gasteiger partial charge in [-0.2, -0.15) is 0 Å². The minimum Gasteiger partial charge on any atom is -0.330 e. The monoisotopic (exact) mass is 241 g/mol. The normalized spacial score (nSPS) is 12.4. The predicted molar refractivity (Wildman–Crippen MR) is 67.4 cm³/mol. The van der Waals surface area contributed by atoms with Crippen LogP contribution in [0.2, 0.25) is 0 Å². The van der Waals surface area contributed by atoms with Crippen LogP contribution in [0.3, 0.4) is 0 Å². The number of hydrogen-bond donors (Lipinski definition) is 2. The van der Waals surface area contributed by atoms with Crippen LogP contribution >= 0.6 is 11.3 Å². The van der Waals surface area contributed by atoms with E-state index in [0.29, 0.717) is 24.0 Å². The maximum atomic E-state index is 11.6. The molecule has 0 bridgehead atoms. The van der Waals surface area contributed by atoms with E-state index < -0.39 is 0 Å². The van der Waals surface area contributed by atoms with Crippen molar-refractivity contribution in [1.29, 1.82) is 0 Å². The van der Waals surface area contributed by atoms with Crippen molar-refractivity contribution in [3.63, 3.8) is 0 Å². The van der Waals surface area contributed by atoms with E-state index in [1.165, 1.54) is 11.3 Å². The summed E-state index contributed by atoms with van der Waals surface area (Å²) in [6, 6.07) is 0. The van der Waals surface area contributed by atoms with Crippen molar-refractivity contribution in [2.75, 3.05) is 11.9 Å². The minimum atomic E-state index is 0.0467. The maximum absolute atomic E-state index is 11.6. The molecule has 1 rings (SSSR count). The summed E-state index contributed by atoms with van der Waals surface area (Å²) in [4.78, 5) is 15.6. The zero-order chi connectivity index (χ0) is 11.8. The Kier molecular flexibility index (Phi) is 6.03. The largest absolute Gasteiger partial charge is 0.330 e. The molecule has 1 aromatic heterocycles. The van der Waals surface area contributed by atoms with Crippen LogP contribution in [0.25, 0.3) is 0 Å². The molecule has 0 saturated carbocycles. The van der Waals surface area contributed by atoms with E-state index in [1.807, 2.05) is 5.38 Å². The van der Waals surface area contributed by atoms with Gasteiger partial charge in [0.05, 0.1) is 0 Å². The number of carbonyl (C=O) groups excluding carboxylic acids is 1. The van der Waals surface area contributed by atoms with E-state index in [2.05, 4.69) is 17.2 Å². The molecule has 5 heteroatoms. The molecular formula is C11H19N3OS. The lowest BCUT2D eigenvalue weighted by Crippen LogP contribution is -2.14. The van der Waals surface area contributed by atoms with Gasteiger partial charge in [0.2, 0.25) is 5.91 Å². The number of thiazole rings is 1. The van der Waals surface area contributed by atoms with E-state index in [4.69, 9.17) is 5.73 Å². The van der Waals surface area contributed by atoms with Crippen molar-refractivity contribution < 1.29 is 4.79 Å². The Morgan fingerprint density at radius 1 is 1.62 bits per heavy atom. The summed E-state index contributed by atoms with van der Waals surface area (Å²) in [6.45, 7) is 2.84. The number of nitrogens with two attached hydrogens (primary N) is 1. The molecule has 0 aromatic carbocycles. The minimum absolute atomic E-state index is 0.0467. The molecule has 0 aliphatic rings. The van der Waals surface area contributed by atoms with Gasteiger partial charge in [0.25, 0.3) is 0 Å². The Morgan fingerprint density at radius 3 is 3.00 bits per heavy atom. The van der Waals surface area contributed by atoms with Gasteiger partial charge < -0.3 is 11.1 Å². The van der Waals surface area contributed by atoms with Crippen molar-refractivity contribution >= 4 is 22.4 Å². The third-order valence-electron chi connectivity index (χ3n) is 2.61. The maximum Gasteiger partial charge on any atom is 0.226 e. The highest BCUT2D eigenvalue weighted by atomic mass is 32.1. The molecule has 0 radical (unpaired) electrons. The van der Waals surface area contributed by atoms with Gasteiger partial charge in [0, 0.05) is 18.0 Å². The fraction of sp³-hybridized carbons (Fsp3) is 0.636. The zero-order valence-corrected chi connectivity index (χ0v) is 10.4. The summed E-state index contributed by atoms with van der Waals surface area (Å²) in [5.41, 5.74) is 5.51. The Morgan fingerprint density at radius 2 is 2.44 bits per heavy atom. The van der Waals surface area contributed by atoms with Gasteiger partial charge in [-0.1, -0.05) is 13.3 Å². The van der Waals surface area contributed by atoms with Gasteiger partial charge in [-0.05, 0) is 25.3 Å². The number of hydrogen-bond acceptors (Lipinski definition) is 4. The molecule has 0 saturated heterocycles. The highest BCUT2D eigenvalue weighted by Gasteiger charge is 2.09. The molecule has 1 unspecified atom stereocenters. The summed E-state index contributed by atoms with van der Waals surface area (Å²) in [6.07, 6.45) is 5.23. The zero-order valence-electron chi connectivity index (χ0n) is 9.61. The lowest BCUT2D eigenvalue weighted by molar-refractivity contribution is -0.116. The third-order valence-corrected chi connectivity index (χ3v) is 3.30. The van der Waals surface area contributed by atoms with Crippen molar-refractivity contribution in [1.82, 2.24) is 4.98 Å². The summed E-state index contributed by atoms with van der Waals surface area (Å²) in [7, 11) is 0. The van der Waals surface area contributed by atoms with Crippen LogP contribution in [-0.2, 0) is 4.79 Å². The first-order valence-electron chi connectivity index (χ1n) is 5.65. The molecule has 1 amide bonds. The second kappa shape index (κ2) is 7.35. The van der Waals surface area contributed by atoms with Crippen molar-refractivity contribution in [2.24, 2.45) is 11.7 Å². The van der Waals surface area contributed by atoms with Gasteiger partial charge in [0.15, 0.2) is 5.13 Å². The van der Waals surface area contributed by atoms with Gasteiger partial charge >= 0.3 is 0 Å². The predicted octanol–water partition coefficient (Wildman–Crippen LogP) is 2.24. The van der Waals surface area contributed by atoms with E-state index in [0.717, 1.165) is 19.3 Å². The standard InChI is InChI=1S/C11H19N3OS/c1-2-9(5-6-12)3-4-10(15)14-11-13-7-8-16-11/h7-9H,2-6,12H2,1H3,(H,13,14,15). The molecule has 0 spiro atoms. The molecule has 1 aromatic rings. The lowest BCUT2D eigenvalue weighted by atomic mass is 9.96. The number of carbonyl (C=O) groups is 1. The molecule has 16 heavy (non-hydrogen) atoms. The Hall–Kier alpha value is -0.940. The fourth-order valence-corrected chi connectivity index (χ4v) is 2.14. The van der Waals surface area contributed by atoms with E-state index in [-0.39, 0.29) is 5.91 Å². The lowest BCUT2D eigenvalue weighted by Gasteiger charge is -2.12. The van der Waals surface area contributed by atoms with Crippen molar-refractivity contribution in [3.8, 4) is 0 Å². The molecular weight excluding hydrogens is 222 g/mol. The van der Waals surface area contributed by atoms with Crippen LogP contribution < -0.4 is 11.1 Å². The highest BCUT2D eigenvalue weighted by molar-refractivity contribution is 7.13. The number of nitrogens with one attached hydrogen (secondary N) is 1. The number of amides is 1. The average Bonchev–Trinajstić information content (AvgIpc) is 2.76. The Balaban J connectivity index is 2.24. The second-order valence-corrected chi connectivity index (χ2v) is 4.67. The highest BCUT2D eigenvalue weighted by Crippen LogP contribution is 2.16. The summed E-state index contributed by atoms with van der Waals surface area (Å²) < 4.78 is 0. The topological polar surface area (TPSA) is 68.0 Å². The molecule has 1 heterocycles. The number of anilines is 1. The van der Waals surface area contributed by atoms with Gasteiger partial charge in [-0.3, -0.25) is 4.79 Å². The van der Waals surface area contributed by atoms with Crippen LogP contribution in [0.5, 0.6) is 0 Å². The van der Waals surface area contributed by atoms with E-state index >= 15 is 0 Å². The van der Waals surface area contributed by atoms with Crippen LogP contribution in [0.1, 0.15) is 32.6 Å². The summed E-state index contributed by atoms with van der Waals surface area (Å²) >= 11 is 1.44. The summed E-state index contributed by atoms with van der Waals surface area (Å²) in [5.74, 6) is 0.609. The molecule has 0 fully saturated rings. The van der Waals surface area contributed by atoms with E-state index in [1.54, 1.807) is 6.20 Å². The molecule has 90 valence electrons. The van der Waals surface area contributed by atoms with Crippen molar-refractivity contribution in [3.05, 3.63) is 11.6 Å². The number of rotatable bonds is 7. The third kappa shape index (κ3) is 4.72. The molecule has 4 nitrogen and oxygen atoms in total. The SMILES string of the molecule is CCC(CCN)CCC(=O)Nc1nccs1. The first-order valence-corrected chi connectivity index (χ1v) is 6.53. The Bertz CT molecular complexity index is 300. The second-order valence-electron chi connectivity index (χ2n) is 3.78. The fourth-order valence-electron chi connectivity index (χ4n) is 1.59. The van der Waals surface area contributed by atoms with Gasteiger partial charge in [0.1, 0.15) is 0 Å². The average molecular weight is 241 g/mol. The number of nitrogens with zero attached hydrogens (tertiary/aromatic N) is 1. The Labute approximate surface area is 100 Å². The first kappa shape index (κ1) is 13.1. The van der Waals surface area contributed by atoms with Crippen molar-refractivity contribution in [2.45, 2.75) is 32.6 Å². The van der Waals surface area contributed by atoms with Gasteiger partial charge in [-0.25, -0.2) is 4.98 Å². The quantitative estimate of drug-likeness (QED) is 0.769. The molecule has 1 atom stereocenters. The summed E-state index contributed by atoms with van der Waals surface area (Å²) in [5, 5.41) is 5.30. The molecule has 0 aliphatic carbocycles. The van der Waals surface area contributed by atoms with Crippen LogP contribution in [0.4, 0.5) is 5.13 Å². The van der Waals surface area contributed by atoms with Crippen LogP contribution in [-0.4, -0.2) is 17.4 Å². The first-order chi connectivity index (χ1) is 7.76. The molecule has 0 aliphatic heterocycles. The van der Waals surface area contributed by atoms with E-state index in [9.17, 15) is 4.79 Å².